The zero-order valence-corrected chi connectivity index (χ0v) is 17.7. The molecule has 0 amide bonds. The first-order valence-electron chi connectivity index (χ1n) is 8.33. The van der Waals surface area contributed by atoms with E-state index in [1.807, 2.05) is 0 Å². The van der Waals surface area contributed by atoms with Crippen LogP contribution in [0, 0.1) is 0 Å². The molecule has 2 rings (SSSR count). The van der Waals surface area contributed by atoms with E-state index in [2.05, 4.69) is 15.9 Å². The van der Waals surface area contributed by atoms with Crippen molar-refractivity contribution in [2.45, 2.75) is 56.8 Å². The van der Waals surface area contributed by atoms with Crippen molar-refractivity contribution in [1.29, 1.82) is 0 Å². The predicted octanol–water partition coefficient (Wildman–Crippen LogP) is 2.42. The molecule has 1 aliphatic heterocycles. The molecule has 5 atom stereocenters. The van der Waals surface area contributed by atoms with Gasteiger partial charge in [0, 0.05) is 31.1 Å². The predicted molar refractivity (Wildman–Crippen MR) is 101 cm³/mol. The van der Waals surface area contributed by atoms with Gasteiger partial charge < -0.3 is 24.1 Å². The molecule has 1 saturated heterocycles. The second-order valence-electron chi connectivity index (χ2n) is 6.16. The minimum atomic E-state index is -1.50. The molecule has 0 radical (unpaired) electrons. The molecule has 0 bridgehead atoms. The Balaban J connectivity index is 2.47. The Morgan fingerprint density at radius 1 is 1.07 bits per heavy atom. The van der Waals surface area contributed by atoms with Crippen LogP contribution < -0.4 is 0 Å². The molecule has 154 valence electrons. The van der Waals surface area contributed by atoms with Crippen LogP contribution in [0.5, 0.6) is 0 Å². The number of ether oxygens (including phenoxy) is 4. The highest BCUT2D eigenvalue weighted by Gasteiger charge is 2.51. The summed E-state index contributed by atoms with van der Waals surface area (Å²) >= 11 is 9.46. The lowest BCUT2D eigenvalue weighted by Gasteiger charge is -2.42. The summed E-state index contributed by atoms with van der Waals surface area (Å²) in [6, 6.07) is 4.98. The smallest absolute Gasteiger partial charge is 0.305 e. The van der Waals surface area contributed by atoms with E-state index in [0.29, 0.717) is 15.9 Å². The number of alkyl halides is 1. The second kappa shape index (κ2) is 9.69. The monoisotopic (exact) mass is 478 g/mol. The van der Waals surface area contributed by atoms with E-state index in [9.17, 15) is 19.5 Å². The first-order valence-corrected chi connectivity index (χ1v) is 9.83. The van der Waals surface area contributed by atoms with E-state index >= 15 is 0 Å². The molecule has 1 aromatic carbocycles. The molecule has 28 heavy (non-hydrogen) atoms. The highest BCUT2D eigenvalue weighted by Crippen LogP contribution is 2.37. The fourth-order valence-corrected chi connectivity index (χ4v) is 3.68. The Labute approximate surface area is 175 Å². The van der Waals surface area contributed by atoms with Gasteiger partial charge in [0.25, 0.3) is 0 Å². The summed E-state index contributed by atoms with van der Waals surface area (Å²) in [5.41, 5.74) is 1.27. The van der Waals surface area contributed by atoms with Crippen molar-refractivity contribution >= 4 is 45.4 Å². The van der Waals surface area contributed by atoms with Gasteiger partial charge in [0.1, 0.15) is 12.2 Å². The third-order valence-electron chi connectivity index (χ3n) is 3.95. The molecular formula is C18H20BrClO8. The number of aliphatic hydroxyl groups is 1. The van der Waals surface area contributed by atoms with Crippen molar-refractivity contribution < 1.29 is 38.4 Å². The maximum absolute atomic E-state index is 11.6. The molecule has 0 saturated carbocycles. The van der Waals surface area contributed by atoms with E-state index in [1.54, 1.807) is 18.2 Å². The quantitative estimate of drug-likeness (QED) is 0.390. The average Bonchev–Trinajstić information content (AvgIpc) is 2.60. The minimum absolute atomic E-state index is 0.455. The van der Waals surface area contributed by atoms with E-state index in [4.69, 9.17) is 30.5 Å². The molecule has 1 fully saturated rings. The van der Waals surface area contributed by atoms with Crippen LogP contribution in [0.3, 0.4) is 0 Å². The zero-order valence-electron chi connectivity index (χ0n) is 15.4. The highest BCUT2D eigenvalue weighted by molar-refractivity contribution is 9.08. The van der Waals surface area contributed by atoms with Crippen LogP contribution in [0.2, 0.25) is 5.02 Å². The summed E-state index contributed by atoms with van der Waals surface area (Å²) in [5.74, 6) is -2.09. The van der Waals surface area contributed by atoms with Gasteiger partial charge in [-0.15, -0.1) is 0 Å². The molecule has 8 nitrogen and oxygen atoms in total. The number of carbonyl (C=O) groups is 3. The van der Waals surface area contributed by atoms with Gasteiger partial charge in [-0.05, 0) is 17.2 Å². The molecule has 0 spiro atoms. The molecule has 1 aromatic rings. The van der Waals surface area contributed by atoms with Gasteiger partial charge in [-0.2, -0.15) is 0 Å². The largest absolute Gasteiger partial charge is 0.456 e. The molecule has 1 heterocycles. The zero-order chi connectivity index (χ0) is 21.0. The number of hydrogen-bond acceptors (Lipinski definition) is 8. The topological polar surface area (TPSA) is 108 Å². The Hall–Kier alpha value is -1.68. The number of esters is 3. The van der Waals surface area contributed by atoms with Gasteiger partial charge in [-0.1, -0.05) is 39.7 Å². The lowest BCUT2D eigenvalue weighted by Crippen LogP contribution is -2.58. The van der Waals surface area contributed by atoms with Crippen molar-refractivity contribution in [3.05, 3.63) is 34.3 Å². The lowest BCUT2D eigenvalue weighted by molar-refractivity contribution is -0.296. The number of halogens is 2. The number of hydrogen-bond donors (Lipinski definition) is 1. The first kappa shape index (κ1) is 22.6. The Kier molecular flexibility index (Phi) is 7.82. The Morgan fingerprint density at radius 2 is 1.64 bits per heavy atom. The SMILES string of the molecule is CC(=O)OC1O[C@@H](c2ccc(Cl)c(CBr)c2)[C@H](OC(C)=O)[C@@H](O)[C@@H]1OC(C)=O. The Morgan fingerprint density at radius 3 is 2.18 bits per heavy atom. The summed E-state index contributed by atoms with van der Waals surface area (Å²) < 4.78 is 21.2. The molecule has 10 heteroatoms. The third kappa shape index (κ3) is 5.44. The summed E-state index contributed by atoms with van der Waals surface area (Å²) in [7, 11) is 0. The third-order valence-corrected chi connectivity index (χ3v) is 4.92. The standard InChI is InChI=1S/C18H20BrClO8/c1-8(21)25-16-14(24)17(26-9(2)22)18(27-10(3)23)28-15(16)11-4-5-13(20)12(6-11)7-19/h4-6,14-18,24H,7H2,1-3H3/t14-,15+,16-,17+,18?/m1/s1. The van der Waals surface area contributed by atoms with Crippen molar-refractivity contribution in [1.82, 2.24) is 0 Å². The van der Waals surface area contributed by atoms with Crippen LogP contribution in [0.15, 0.2) is 18.2 Å². The van der Waals surface area contributed by atoms with Gasteiger partial charge in [0.15, 0.2) is 12.2 Å². The lowest BCUT2D eigenvalue weighted by atomic mass is 9.92. The van der Waals surface area contributed by atoms with Crippen LogP contribution >= 0.6 is 27.5 Å². The number of carbonyl (C=O) groups excluding carboxylic acids is 3. The van der Waals surface area contributed by atoms with Crippen molar-refractivity contribution in [3.8, 4) is 0 Å². The summed E-state index contributed by atoms with van der Waals surface area (Å²) in [4.78, 5) is 34.5. The van der Waals surface area contributed by atoms with Gasteiger partial charge in [-0.25, -0.2) is 0 Å². The molecule has 0 aliphatic carbocycles. The maximum Gasteiger partial charge on any atom is 0.305 e. The van der Waals surface area contributed by atoms with Crippen LogP contribution in [0.25, 0.3) is 0 Å². The summed E-state index contributed by atoms with van der Waals surface area (Å²) in [6.07, 6.45) is -6.47. The van der Waals surface area contributed by atoms with Crippen LogP contribution in [-0.2, 0) is 38.7 Å². The number of rotatable bonds is 5. The highest BCUT2D eigenvalue weighted by atomic mass is 79.9. The second-order valence-corrected chi connectivity index (χ2v) is 7.13. The van der Waals surface area contributed by atoms with Crippen molar-refractivity contribution in [3.63, 3.8) is 0 Å². The molecule has 1 unspecified atom stereocenters. The fraction of sp³-hybridized carbons (Fsp3) is 0.500. The average molecular weight is 480 g/mol. The molecule has 0 aromatic heterocycles. The Bertz CT molecular complexity index is 755. The van der Waals surface area contributed by atoms with Crippen LogP contribution in [-0.4, -0.2) is 47.6 Å². The fourth-order valence-electron chi connectivity index (χ4n) is 2.87. The van der Waals surface area contributed by atoms with E-state index in [-0.39, 0.29) is 0 Å². The summed E-state index contributed by atoms with van der Waals surface area (Å²) in [6.45, 7) is 3.46. The van der Waals surface area contributed by atoms with E-state index in [0.717, 1.165) is 19.4 Å². The normalized spacial score (nSPS) is 27.0. The molecule has 1 aliphatic rings. The maximum atomic E-state index is 11.6. The molecule has 1 N–H and O–H groups in total. The van der Waals surface area contributed by atoms with E-state index < -0.39 is 48.6 Å². The van der Waals surface area contributed by atoms with Gasteiger partial charge in [0.2, 0.25) is 6.29 Å². The van der Waals surface area contributed by atoms with Crippen molar-refractivity contribution in [2.75, 3.05) is 0 Å². The van der Waals surface area contributed by atoms with Crippen LogP contribution in [0.4, 0.5) is 0 Å². The van der Waals surface area contributed by atoms with Gasteiger partial charge in [-0.3, -0.25) is 14.4 Å². The number of benzene rings is 1. The van der Waals surface area contributed by atoms with Gasteiger partial charge >= 0.3 is 17.9 Å². The van der Waals surface area contributed by atoms with E-state index in [1.165, 1.54) is 6.92 Å². The van der Waals surface area contributed by atoms with Crippen LogP contribution in [0.1, 0.15) is 38.0 Å². The van der Waals surface area contributed by atoms with Gasteiger partial charge in [0.05, 0.1) is 0 Å². The summed E-state index contributed by atoms with van der Waals surface area (Å²) in [5, 5.41) is 11.7. The minimum Gasteiger partial charge on any atom is -0.456 e. The number of aliphatic hydroxyl groups excluding tert-OH is 1. The van der Waals surface area contributed by atoms with Crippen molar-refractivity contribution in [2.24, 2.45) is 0 Å². The first-order chi connectivity index (χ1) is 13.1. The molecular weight excluding hydrogens is 460 g/mol.